The molecule has 5 aromatic carbocycles. The van der Waals surface area contributed by atoms with E-state index in [1.165, 1.54) is 17.0 Å². The molecule has 121 heavy (non-hydrogen) atoms. The molecule has 2 fully saturated rings. The number of benzene rings is 5. The van der Waals surface area contributed by atoms with Gasteiger partial charge in [-0.1, -0.05) is 97.4 Å². The zero-order chi connectivity index (χ0) is 88.6. The Labute approximate surface area is 713 Å². The third-order valence-corrected chi connectivity index (χ3v) is 20.0. The van der Waals surface area contributed by atoms with Gasteiger partial charge in [-0.25, -0.2) is 41.5 Å². The normalized spacial score (nSPS) is 15.4. The Bertz CT molecular complexity index is 4990. The van der Waals surface area contributed by atoms with Crippen LogP contribution in [-0.4, -0.2) is 166 Å². The number of aromatic nitrogens is 2. The Balaban J connectivity index is 0.000000266. The number of hydrogen-bond acceptors (Lipinski definition) is 20. The van der Waals surface area contributed by atoms with E-state index in [1.807, 2.05) is 6.92 Å². The first kappa shape index (κ1) is 101. The van der Waals surface area contributed by atoms with E-state index in [0.29, 0.717) is 110 Å². The maximum Gasteiger partial charge on any atom is 0.407 e. The van der Waals surface area contributed by atoms with Crippen LogP contribution in [0.3, 0.4) is 0 Å². The summed E-state index contributed by atoms with van der Waals surface area (Å²) in [5, 5.41) is 7.85. The van der Waals surface area contributed by atoms with Crippen LogP contribution in [0.5, 0.6) is 0 Å². The molecule has 0 bridgehead atoms. The van der Waals surface area contributed by atoms with Crippen LogP contribution >= 0.6 is 28.3 Å². The number of fused-ring (bicyclic) bond motifs is 5. The number of alkyl halides is 1. The third-order valence-electron chi connectivity index (χ3n) is 18.4. The van der Waals surface area contributed by atoms with Crippen LogP contribution in [0.15, 0.2) is 182 Å². The summed E-state index contributed by atoms with van der Waals surface area (Å²) in [7, 11) is -4.02. The number of ether oxygens (including phenoxy) is 2. The molecule has 0 spiro atoms. The van der Waals surface area contributed by atoms with Crippen LogP contribution < -0.4 is 27.4 Å². The molecule has 1 aliphatic carbocycles. The van der Waals surface area contributed by atoms with E-state index in [9.17, 15) is 78.3 Å². The van der Waals surface area contributed by atoms with Gasteiger partial charge < -0.3 is 45.7 Å². The molecule has 11 rings (SSSR count). The van der Waals surface area contributed by atoms with E-state index in [4.69, 9.17) is 34.3 Å². The van der Waals surface area contributed by atoms with E-state index in [-0.39, 0.29) is 129 Å². The number of halogens is 7. The number of oxazole rings is 2. The van der Waals surface area contributed by atoms with Crippen LogP contribution in [0.25, 0.3) is 22.2 Å². The second kappa shape index (κ2) is 48.5. The summed E-state index contributed by atoms with van der Waals surface area (Å²) < 4.78 is 114. The summed E-state index contributed by atoms with van der Waals surface area (Å²) in [6, 6.07) is 29.0. The maximum absolute atomic E-state index is 13.5. The number of nitrogens with one attached hydrogen (secondary N) is 3. The number of Topliss-reactive ketones (excluding diaryl/α,β-unsaturated/α-hetero) is 1. The van der Waals surface area contributed by atoms with Crippen molar-refractivity contribution in [3.8, 4) is 0 Å². The molecule has 7 aromatic rings. The molecule has 654 valence electrons. The van der Waals surface area contributed by atoms with Crippen molar-refractivity contribution in [1.82, 2.24) is 40.6 Å². The molecule has 4 aliphatic rings. The highest BCUT2D eigenvalue weighted by molar-refractivity contribution is 9.09. The number of amides is 9. The summed E-state index contributed by atoms with van der Waals surface area (Å²) in [6.07, 6.45) is 10.4. The summed E-state index contributed by atoms with van der Waals surface area (Å²) >= 11 is 3.09. The highest BCUT2D eigenvalue weighted by Crippen LogP contribution is 2.38. The number of imide groups is 3. The van der Waals surface area contributed by atoms with Gasteiger partial charge in [-0.2, -0.15) is 8.42 Å². The lowest BCUT2D eigenvalue weighted by molar-refractivity contribution is -0.139. The second-order valence-corrected chi connectivity index (χ2v) is 32.0. The van der Waals surface area contributed by atoms with Crippen molar-refractivity contribution in [2.45, 2.75) is 155 Å². The van der Waals surface area contributed by atoms with Crippen molar-refractivity contribution in [1.29, 1.82) is 0 Å². The minimum Gasteiger partial charge on any atom is -0.444 e. The van der Waals surface area contributed by atoms with Crippen LogP contribution in [0.1, 0.15) is 199 Å². The monoisotopic (exact) mass is 1790 g/mol. The van der Waals surface area contributed by atoms with Gasteiger partial charge in [0.25, 0.3) is 39.7 Å². The Kier molecular flexibility index (Phi) is 40.4. The Morgan fingerprint density at radius 1 is 0.545 bits per heavy atom. The van der Waals surface area contributed by atoms with Gasteiger partial charge in [0.2, 0.25) is 11.8 Å². The number of alkyl carbamates (subject to hydrolysis) is 2. The molecule has 9 amide bonds. The molecule has 27 nitrogen and oxygen atoms in total. The molecule has 1 saturated carbocycles. The molecule has 5 heterocycles. The number of unbranched alkanes of at least 4 members (excludes halogenated alkanes) is 2. The summed E-state index contributed by atoms with van der Waals surface area (Å²) in [4.78, 5) is 133. The van der Waals surface area contributed by atoms with Gasteiger partial charge >= 0.3 is 12.2 Å². The van der Waals surface area contributed by atoms with Crippen LogP contribution in [0.4, 0.5) is 31.5 Å². The molecule has 2 aromatic heterocycles. The smallest absolute Gasteiger partial charge is 0.407 e. The fourth-order valence-corrected chi connectivity index (χ4v) is 12.8. The molecule has 2 atom stereocenters. The first-order valence-electron chi connectivity index (χ1n) is 38.7. The Hall–Kier alpha value is -10.9. The topological polar surface area (TPSA) is 393 Å². The van der Waals surface area contributed by atoms with E-state index < -0.39 is 63.0 Å². The van der Waals surface area contributed by atoms with Crippen LogP contribution in [0, 0.1) is 18.8 Å². The third kappa shape index (κ3) is 30.6. The standard InChI is InChI=1S/C24H22FN3O4.C17H19FN2O4.C17H21FN2O2.C12H17FN2O2.C9H15BrFNO2.C7H8O3S.ClH/c1-2-3-8-21-27-19-10-9-16(11-20(19)32-21)22(29)26-13-15(12-25)14-28-23(30)17-6-4-5-7-18(17)24(28)31;1-17(2,3)24-16(23)19-9-11(8-18)10-20-14(21)12-6-4-5-7-13(12)15(20)22;1-2-3-4-17-20-14-7-6-13(9-16(14)22-17)15(21)8-5-12(10-18)11-19;13-5-8(6-14)7-15-11(16)9-3-1-2-4-10(9)12(15)17;1-9(2,3)14-8(13)12-6-7(4-10)5-11;1-6-2-4-7(5-3-6)11(8,9)10;/h4-7,9-12H,2-3,8,13-14H2,1H3,(H,26,29);4-8H,9-10H2,1-3H3,(H,19,23);6-7,9-10H,2-5,8,11,19H2,1H3;5,9-10H,1-4,6-7,14H2;5H,4,6H2,1-3H3,(H,12,13);2-5H,1H3,(H,8,9,10);1H/b15-12-;11-8-;12-10-;8-5-;7-5+;;. The molecular formula is C86H103BrClF5N10O17S. The largest absolute Gasteiger partial charge is 0.444 e. The first-order chi connectivity index (χ1) is 57.0. The highest BCUT2D eigenvalue weighted by Gasteiger charge is 2.48. The van der Waals surface area contributed by atoms with Crippen molar-refractivity contribution in [2.24, 2.45) is 23.3 Å². The Morgan fingerprint density at radius 2 is 0.926 bits per heavy atom. The number of nitrogens with zero attached hydrogens (tertiary/aromatic N) is 5. The maximum atomic E-state index is 13.5. The lowest BCUT2D eigenvalue weighted by Gasteiger charge is -2.20. The van der Waals surface area contributed by atoms with Crippen molar-refractivity contribution in [2.75, 3.05) is 57.7 Å². The number of nitrogens with two attached hydrogens (primary N) is 2. The highest BCUT2D eigenvalue weighted by atomic mass is 79.9. The van der Waals surface area contributed by atoms with Gasteiger partial charge in [-0.05, 0) is 181 Å². The van der Waals surface area contributed by atoms with Crippen molar-refractivity contribution >= 4 is 120 Å². The van der Waals surface area contributed by atoms with Crippen molar-refractivity contribution in [3.63, 3.8) is 0 Å². The summed E-state index contributed by atoms with van der Waals surface area (Å²) in [5.74, 6) is -1.71. The summed E-state index contributed by atoms with van der Waals surface area (Å²) in [5.41, 5.74) is 16.4. The second-order valence-electron chi connectivity index (χ2n) is 30.0. The van der Waals surface area contributed by atoms with E-state index >= 15 is 0 Å². The predicted octanol–water partition coefficient (Wildman–Crippen LogP) is 16.1. The molecule has 3 aliphatic heterocycles. The van der Waals surface area contributed by atoms with Crippen LogP contribution in [0.2, 0.25) is 0 Å². The molecule has 0 radical (unpaired) electrons. The van der Waals surface area contributed by atoms with E-state index in [1.54, 1.807) is 139 Å². The predicted molar refractivity (Wildman–Crippen MR) is 451 cm³/mol. The number of hydrogen-bond donors (Lipinski definition) is 6. The van der Waals surface area contributed by atoms with Crippen LogP contribution in [-0.2, 0) is 42.0 Å². The minimum absolute atomic E-state index is 0. The number of ketones is 1. The SMILES string of the molecule is CC(C)(C)OC(=O)NC/C(=C/F)CBr.CC(C)(C)OC(=O)NC/C(=C/F)CN1C(=O)c2ccccc2C1=O.CCCCc1nc2ccc(C(=O)CC/C(=C/F)CN)cc2o1.CCCCc1nc2ccc(C(=O)NC/C(=C/F)CN3C(=O)c4ccccc4C3=O)cc2o1.Cc1ccc(S(=O)(=O)O)cc1.Cl.NC/C(=C/F)CN1C(=O)C2CCCCC2C1=O. The number of carbonyl (C=O) groups excluding carboxylic acids is 10. The zero-order valence-electron chi connectivity index (χ0n) is 68.7. The van der Waals surface area contributed by atoms with E-state index in [2.05, 4.69) is 55.7 Å². The minimum atomic E-state index is -4.02. The molecule has 35 heteroatoms. The fraction of sp³-hybridized carbons (Fsp3) is 0.395. The molecule has 8 N–H and O–H groups in total. The van der Waals surface area contributed by atoms with Crippen molar-refractivity contribution in [3.05, 3.63) is 219 Å². The van der Waals surface area contributed by atoms with Gasteiger partial charge in [0.15, 0.2) is 28.7 Å². The van der Waals surface area contributed by atoms with Gasteiger partial charge in [0.1, 0.15) is 22.2 Å². The van der Waals surface area contributed by atoms with Crippen molar-refractivity contribution < 1.29 is 101 Å². The average molecular weight is 1790 g/mol. The quantitative estimate of drug-likeness (QED) is 0.00915. The Morgan fingerprint density at radius 3 is 1.30 bits per heavy atom. The lowest BCUT2D eigenvalue weighted by Crippen LogP contribution is -2.37. The number of aryl methyl sites for hydroxylation is 3. The fourth-order valence-electron chi connectivity index (χ4n) is 12.0. The summed E-state index contributed by atoms with van der Waals surface area (Å²) in [6.45, 7) is 16.0. The van der Waals surface area contributed by atoms with Gasteiger partial charge in [-0.3, -0.25) is 57.6 Å². The molecule has 1 saturated heterocycles. The van der Waals surface area contributed by atoms with Gasteiger partial charge in [0.05, 0.1) is 90.3 Å². The van der Waals surface area contributed by atoms with Gasteiger partial charge in [0, 0.05) is 68.4 Å². The van der Waals surface area contributed by atoms with Gasteiger partial charge in [-0.15, -0.1) is 12.4 Å². The molecular weight excluding hydrogens is 1690 g/mol. The lowest BCUT2D eigenvalue weighted by atomic mass is 9.81. The first-order valence-corrected chi connectivity index (χ1v) is 41.3. The number of rotatable bonds is 27. The van der Waals surface area contributed by atoms with E-state index in [0.717, 1.165) is 85.1 Å². The number of carbonyl (C=O) groups is 10. The number of likely N-dealkylation sites (tertiary alicyclic amines) is 1. The zero-order valence-corrected chi connectivity index (χ0v) is 72.0. The molecule has 2 unspecified atom stereocenters. The average Bonchev–Trinajstić information content (AvgIpc) is 1.66.